The standard InChI is InChI=1S/C27H42N4O7S2/c1-6-29(7-2)39(34,35)23-12-14-24(15-13-23)40(36,37)30-16-8-9-20(17-30)25(32)31-21-10-11-22(31)19-28(18-21)26(33)38-27(3,4)5/h12-15,20-22H,6-11,16-19H2,1-5H3. The van der Waals surface area contributed by atoms with Gasteiger partial charge in [-0.1, -0.05) is 13.8 Å². The number of carbonyl (C=O) groups excluding carboxylic acids is 2. The second-order valence-corrected chi connectivity index (χ2v) is 15.7. The van der Waals surface area contributed by atoms with E-state index in [4.69, 9.17) is 4.74 Å². The van der Waals surface area contributed by atoms with Crippen molar-refractivity contribution < 1.29 is 31.2 Å². The SMILES string of the molecule is CCN(CC)S(=O)(=O)c1ccc(S(=O)(=O)N2CCCC(C(=O)N3C4CCC3CN(C(=O)OC(C)(C)C)C4)C2)cc1. The van der Waals surface area contributed by atoms with Gasteiger partial charge in [0.2, 0.25) is 26.0 Å². The van der Waals surface area contributed by atoms with Gasteiger partial charge in [-0.2, -0.15) is 8.61 Å². The molecule has 4 rings (SSSR count). The summed E-state index contributed by atoms with van der Waals surface area (Å²) in [6.07, 6.45) is 2.37. The first kappa shape index (κ1) is 30.7. The van der Waals surface area contributed by atoms with Crippen LogP contribution in [-0.2, 0) is 29.6 Å². The second-order valence-electron chi connectivity index (χ2n) is 11.8. The molecule has 0 aromatic heterocycles. The number of fused-ring (bicyclic) bond motifs is 2. The Morgan fingerprint density at radius 1 is 0.900 bits per heavy atom. The Labute approximate surface area is 238 Å². The first-order valence-electron chi connectivity index (χ1n) is 14.1. The van der Waals surface area contributed by atoms with E-state index in [-0.39, 0.29) is 40.4 Å². The number of hydrogen-bond acceptors (Lipinski definition) is 7. The summed E-state index contributed by atoms with van der Waals surface area (Å²) in [7, 11) is -7.62. The number of hydrogen-bond donors (Lipinski definition) is 0. The fraction of sp³-hybridized carbons (Fsp3) is 0.704. The van der Waals surface area contributed by atoms with Crippen molar-refractivity contribution >= 4 is 32.0 Å². The zero-order valence-corrected chi connectivity index (χ0v) is 25.7. The minimum absolute atomic E-state index is 0.00476. The lowest BCUT2D eigenvalue weighted by atomic mass is 9.96. The summed E-state index contributed by atoms with van der Waals surface area (Å²) >= 11 is 0. The van der Waals surface area contributed by atoms with Crippen LogP contribution in [0.25, 0.3) is 0 Å². The van der Waals surface area contributed by atoms with E-state index in [1.165, 1.54) is 32.9 Å². The van der Waals surface area contributed by atoms with Gasteiger partial charge in [0.15, 0.2) is 0 Å². The van der Waals surface area contributed by atoms with Crippen LogP contribution in [0.5, 0.6) is 0 Å². The maximum atomic E-state index is 13.7. The molecule has 0 aliphatic carbocycles. The van der Waals surface area contributed by atoms with Crippen molar-refractivity contribution in [3.05, 3.63) is 24.3 Å². The van der Waals surface area contributed by atoms with E-state index in [2.05, 4.69) is 0 Å². The van der Waals surface area contributed by atoms with Crippen LogP contribution in [-0.4, -0.2) is 104 Å². The highest BCUT2D eigenvalue weighted by Gasteiger charge is 2.47. The molecular formula is C27H42N4O7S2. The molecule has 0 N–H and O–H groups in total. The van der Waals surface area contributed by atoms with E-state index < -0.39 is 31.6 Å². The topological polar surface area (TPSA) is 125 Å². The largest absolute Gasteiger partial charge is 0.444 e. The fourth-order valence-electron chi connectivity index (χ4n) is 5.96. The highest BCUT2D eigenvalue weighted by molar-refractivity contribution is 7.89. The lowest BCUT2D eigenvalue weighted by molar-refractivity contribution is -0.142. The Morgan fingerprint density at radius 2 is 1.45 bits per heavy atom. The molecule has 2 amide bonds. The van der Waals surface area contributed by atoms with Gasteiger partial charge in [-0.15, -0.1) is 0 Å². The Hall–Kier alpha value is -2.22. The number of benzene rings is 1. The molecule has 3 aliphatic rings. The number of rotatable bonds is 7. The molecule has 13 heteroatoms. The Morgan fingerprint density at radius 3 is 1.98 bits per heavy atom. The Balaban J connectivity index is 1.44. The molecule has 0 spiro atoms. The monoisotopic (exact) mass is 598 g/mol. The summed E-state index contributed by atoms with van der Waals surface area (Å²) in [5, 5.41) is 0. The van der Waals surface area contributed by atoms with Gasteiger partial charge in [0.25, 0.3) is 0 Å². The van der Waals surface area contributed by atoms with Gasteiger partial charge >= 0.3 is 6.09 Å². The molecule has 3 heterocycles. The van der Waals surface area contributed by atoms with E-state index in [1.54, 1.807) is 18.7 Å². The van der Waals surface area contributed by atoms with E-state index in [1.807, 2.05) is 25.7 Å². The average molecular weight is 599 g/mol. The minimum Gasteiger partial charge on any atom is -0.444 e. The third-order valence-electron chi connectivity index (χ3n) is 7.93. The molecule has 0 radical (unpaired) electrons. The Bertz CT molecular complexity index is 1290. The second kappa shape index (κ2) is 11.6. The first-order chi connectivity index (χ1) is 18.7. The molecule has 0 saturated carbocycles. The van der Waals surface area contributed by atoms with Crippen molar-refractivity contribution in [1.29, 1.82) is 0 Å². The van der Waals surface area contributed by atoms with Gasteiger partial charge in [-0.05, 0) is 70.7 Å². The van der Waals surface area contributed by atoms with Gasteiger partial charge in [0.05, 0.1) is 15.7 Å². The summed E-state index contributed by atoms with van der Waals surface area (Å²) in [4.78, 5) is 29.9. The van der Waals surface area contributed by atoms with Crippen LogP contribution in [0, 0.1) is 5.92 Å². The average Bonchev–Trinajstić information content (AvgIpc) is 3.16. The zero-order chi connectivity index (χ0) is 29.5. The number of sulfonamides is 2. The van der Waals surface area contributed by atoms with Crippen LogP contribution in [0.15, 0.2) is 34.1 Å². The third-order valence-corrected chi connectivity index (χ3v) is 11.9. The number of nitrogens with zero attached hydrogens (tertiary/aromatic N) is 4. The number of piperidine rings is 1. The lowest BCUT2D eigenvalue weighted by Crippen LogP contribution is -2.59. The van der Waals surface area contributed by atoms with Gasteiger partial charge in [-0.25, -0.2) is 21.6 Å². The highest BCUT2D eigenvalue weighted by atomic mass is 32.2. The summed E-state index contributed by atoms with van der Waals surface area (Å²) in [6, 6.07) is 5.10. The van der Waals surface area contributed by atoms with Crippen molar-refractivity contribution in [3.63, 3.8) is 0 Å². The molecule has 3 unspecified atom stereocenters. The van der Waals surface area contributed by atoms with Crippen LogP contribution in [0.1, 0.15) is 60.3 Å². The van der Waals surface area contributed by atoms with Gasteiger partial charge in [0.1, 0.15) is 5.60 Å². The zero-order valence-electron chi connectivity index (χ0n) is 24.1. The van der Waals surface area contributed by atoms with Crippen molar-refractivity contribution in [2.24, 2.45) is 5.92 Å². The number of carbonyl (C=O) groups is 2. The molecule has 11 nitrogen and oxygen atoms in total. The normalized spacial score (nSPS) is 24.4. The maximum absolute atomic E-state index is 13.7. The Kier molecular flexibility index (Phi) is 8.89. The molecule has 2 bridgehead atoms. The van der Waals surface area contributed by atoms with E-state index in [9.17, 15) is 26.4 Å². The minimum atomic E-state index is -3.92. The summed E-state index contributed by atoms with van der Waals surface area (Å²) in [6.45, 7) is 10.8. The molecule has 1 aromatic carbocycles. The molecular weight excluding hydrogens is 556 g/mol. The summed E-state index contributed by atoms with van der Waals surface area (Å²) in [5.74, 6) is -0.529. The third kappa shape index (κ3) is 6.17. The van der Waals surface area contributed by atoms with Gasteiger partial charge in [0, 0.05) is 51.4 Å². The predicted octanol–water partition coefficient (Wildman–Crippen LogP) is 2.73. The number of piperazine rings is 1. The van der Waals surface area contributed by atoms with Crippen LogP contribution in [0.2, 0.25) is 0 Å². The van der Waals surface area contributed by atoms with Crippen molar-refractivity contribution in [2.75, 3.05) is 39.3 Å². The van der Waals surface area contributed by atoms with E-state index >= 15 is 0 Å². The maximum Gasteiger partial charge on any atom is 0.410 e. The summed E-state index contributed by atoms with van der Waals surface area (Å²) in [5.41, 5.74) is -0.597. The highest BCUT2D eigenvalue weighted by Crippen LogP contribution is 2.34. The predicted molar refractivity (Wildman–Crippen MR) is 149 cm³/mol. The molecule has 3 saturated heterocycles. The molecule has 40 heavy (non-hydrogen) atoms. The van der Waals surface area contributed by atoms with Crippen LogP contribution >= 0.6 is 0 Å². The van der Waals surface area contributed by atoms with E-state index in [0.29, 0.717) is 45.6 Å². The molecule has 3 aliphatic heterocycles. The van der Waals surface area contributed by atoms with Crippen molar-refractivity contribution in [3.8, 4) is 0 Å². The number of likely N-dealkylation sites (tertiary alicyclic amines) is 1. The van der Waals surface area contributed by atoms with Crippen LogP contribution in [0.4, 0.5) is 4.79 Å². The van der Waals surface area contributed by atoms with Gasteiger partial charge in [-0.3, -0.25) is 4.79 Å². The van der Waals surface area contributed by atoms with Crippen molar-refractivity contribution in [1.82, 2.24) is 18.4 Å². The van der Waals surface area contributed by atoms with Gasteiger partial charge < -0.3 is 14.5 Å². The van der Waals surface area contributed by atoms with Crippen LogP contribution < -0.4 is 0 Å². The fourth-order valence-corrected chi connectivity index (χ4v) is 8.94. The summed E-state index contributed by atoms with van der Waals surface area (Å²) < 4.78 is 60.8. The lowest BCUT2D eigenvalue weighted by Gasteiger charge is -2.43. The molecule has 3 fully saturated rings. The molecule has 3 atom stereocenters. The smallest absolute Gasteiger partial charge is 0.410 e. The molecule has 1 aromatic rings. The first-order valence-corrected chi connectivity index (χ1v) is 17.0. The molecule has 224 valence electrons. The number of ether oxygens (including phenoxy) is 1. The quantitative estimate of drug-likeness (QED) is 0.473. The van der Waals surface area contributed by atoms with E-state index in [0.717, 1.165) is 12.8 Å². The van der Waals surface area contributed by atoms with Crippen LogP contribution in [0.3, 0.4) is 0 Å². The number of amides is 2. The van der Waals surface area contributed by atoms with Crippen molar-refractivity contribution in [2.45, 2.75) is 87.8 Å².